The van der Waals surface area contributed by atoms with E-state index >= 15 is 0 Å². The van der Waals surface area contributed by atoms with Gasteiger partial charge in [-0.3, -0.25) is 28.5 Å². The highest BCUT2D eigenvalue weighted by molar-refractivity contribution is 7.16. The number of nitrogens with one attached hydrogen (secondary N) is 1. The Morgan fingerprint density at radius 2 is 1.71 bits per heavy atom. The fraction of sp³-hybridized carbons (Fsp3) is 0.125. The van der Waals surface area contributed by atoms with Gasteiger partial charge in [0.2, 0.25) is 5.91 Å². The van der Waals surface area contributed by atoms with E-state index in [1.807, 2.05) is 6.92 Å². The van der Waals surface area contributed by atoms with Crippen LogP contribution in [0, 0.1) is 6.92 Å². The van der Waals surface area contributed by atoms with E-state index in [1.165, 1.54) is 21.8 Å². The summed E-state index contributed by atoms with van der Waals surface area (Å²) in [6, 6.07) is 14.5. The molecule has 0 saturated heterocycles. The monoisotopic (exact) mass is 474 g/mol. The van der Waals surface area contributed by atoms with Crippen LogP contribution in [0.3, 0.4) is 0 Å². The number of aromatic nitrogens is 2. The molecule has 0 radical (unpaired) electrons. The number of aryl methyl sites for hydroxylation is 1. The quantitative estimate of drug-likeness (QED) is 0.431. The Morgan fingerprint density at radius 3 is 2.38 bits per heavy atom. The van der Waals surface area contributed by atoms with Crippen LogP contribution >= 0.6 is 11.3 Å². The van der Waals surface area contributed by atoms with Crippen molar-refractivity contribution in [2.45, 2.75) is 13.5 Å². The maximum atomic E-state index is 12.4. The van der Waals surface area contributed by atoms with E-state index in [0.29, 0.717) is 33.2 Å². The van der Waals surface area contributed by atoms with Gasteiger partial charge in [0.25, 0.3) is 17.4 Å². The van der Waals surface area contributed by atoms with Crippen LogP contribution in [0.4, 0.5) is 5.69 Å². The lowest BCUT2D eigenvalue weighted by Gasteiger charge is -2.14. The minimum Gasteiger partial charge on any atom is -0.487 e. The Balaban J connectivity index is 1.19. The van der Waals surface area contributed by atoms with Crippen molar-refractivity contribution in [1.82, 2.24) is 14.3 Å². The van der Waals surface area contributed by atoms with Gasteiger partial charge in [-0.25, -0.2) is 4.98 Å². The summed E-state index contributed by atoms with van der Waals surface area (Å²) in [6.07, 6.45) is 1.75. The standard InChI is InChI=1S/C24H18N4O5S/c1-14-11-27-21(30)10-16(26-24(27)34-14)13-33-17-8-6-15(7-9-17)25-20(29)12-28-22(31)18-4-2-3-5-19(18)23(28)32/h2-11H,12-13H2,1H3,(H,25,29). The number of fused-ring (bicyclic) bond motifs is 2. The van der Waals surface area contributed by atoms with Gasteiger partial charge in [-0.15, -0.1) is 11.3 Å². The maximum Gasteiger partial charge on any atom is 0.262 e. The molecule has 2 aromatic carbocycles. The molecule has 2 aromatic heterocycles. The summed E-state index contributed by atoms with van der Waals surface area (Å²) in [7, 11) is 0. The van der Waals surface area contributed by atoms with Crippen LogP contribution in [0.2, 0.25) is 0 Å². The molecule has 0 aliphatic carbocycles. The van der Waals surface area contributed by atoms with Crippen molar-refractivity contribution in [2.24, 2.45) is 0 Å². The first-order valence-electron chi connectivity index (χ1n) is 10.4. The van der Waals surface area contributed by atoms with Crippen LogP contribution in [-0.2, 0) is 11.4 Å². The number of imide groups is 1. The van der Waals surface area contributed by atoms with Gasteiger partial charge in [0.15, 0.2) is 4.96 Å². The minimum absolute atomic E-state index is 0.119. The molecular weight excluding hydrogens is 456 g/mol. The highest BCUT2D eigenvalue weighted by atomic mass is 32.1. The van der Waals surface area contributed by atoms with Crippen LogP contribution in [-0.4, -0.2) is 38.6 Å². The second-order valence-corrected chi connectivity index (χ2v) is 8.90. The fourth-order valence-corrected chi connectivity index (χ4v) is 4.50. The third kappa shape index (κ3) is 4.06. The second kappa shape index (κ2) is 8.56. The van der Waals surface area contributed by atoms with Crippen molar-refractivity contribution in [1.29, 1.82) is 0 Å². The number of hydrogen-bond donors (Lipinski definition) is 1. The maximum absolute atomic E-state index is 12.4. The first-order chi connectivity index (χ1) is 16.4. The molecule has 0 spiro atoms. The lowest BCUT2D eigenvalue weighted by atomic mass is 10.1. The number of carbonyl (C=O) groups is 3. The molecule has 9 nitrogen and oxygen atoms in total. The Morgan fingerprint density at radius 1 is 1.03 bits per heavy atom. The van der Waals surface area contributed by atoms with Crippen molar-refractivity contribution < 1.29 is 19.1 Å². The number of carbonyl (C=O) groups excluding carboxylic acids is 3. The van der Waals surface area contributed by atoms with Gasteiger partial charge in [0, 0.05) is 22.8 Å². The highest BCUT2D eigenvalue weighted by Crippen LogP contribution is 2.23. The van der Waals surface area contributed by atoms with E-state index in [1.54, 1.807) is 54.7 Å². The molecule has 0 fully saturated rings. The molecule has 0 saturated carbocycles. The number of anilines is 1. The van der Waals surface area contributed by atoms with Crippen LogP contribution in [0.5, 0.6) is 5.75 Å². The van der Waals surface area contributed by atoms with Gasteiger partial charge in [-0.2, -0.15) is 0 Å². The minimum atomic E-state index is -0.493. The van der Waals surface area contributed by atoms with Crippen LogP contribution < -0.4 is 15.6 Å². The number of rotatable bonds is 6. The SMILES string of the molecule is Cc1cn2c(=O)cc(COc3ccc(NC(=O)CN4C(=O)c5ccccc5C4=O)cc3)nc2s1. The van der Waals surface area contributed by atoms with E-state index in [4.69, 9.17) is 4.74 Å². The average Bonchev–Trinajstić information content (AvgIpc) is 3.32. The molecule has 1 aliphatic heterocycles. The van der Waals surface area contributed by atoms with Crippen molar-refractivity contribution in [3.63, 3.8) is 0 Å². The average molecular weight is 474 g/mol. The highest BCUT2D eigenvalue weighted by Gasteiger charge is 2.36. The summed E-state index contributed by atoms with van der Waals surface area (Å²) in [5.74, 6) is -0.928. The van der Waals surface area contributed by atoms with Gasteiger partial charge in [-0.05, 0) is 43.3 Å². The van der Waals surface area contributed by atoms with Crippen molar-refractivity contribution in [2.75, 3.05) is 11.9 Å². The predicted octanol–water partition coefficient (Wildman–Crippen LogP) is 2.88. The molecule has 1 N–H and O–H groups in total. The van der Waals surface area contributed by atoms with E-state index < -0.39 is 17.7 Å². The number of nitrogens with zero attached hydrogens (tertiary/aromatic N) is 3. The summed E-state index contributed by atoms with van der Waals surface area (Å²) in [4.78, 5) is 56.4. The summed E-state index contributed by atoms with van der Waals surface area (Å²) >= 11 is 1.43. The Labute approximate surface area is 197 Å². The summed E-state index contributed by atoms with van der Waals surface area (Å²) in [5, 5.41) is 2.67. The number of thiazole rings is 1. The van der Waals surface area contributed by atoms with Crippen LogP contribution in [0.15, 0.2) is 65.6 Å². The Kier molecular flexibility index (Phi) is 5.42. The van der Waals surface area contributed by atoms with Gasteiger partial charge < -0.3 is 10.1 Å². The normalized spacial score (nSPS) is 12.8. The predicted molar refractivity (Wildman–Crippen MR) is 125 cm³/mol. The Hall–Kier alpha value is -4.31. The largest absolute Gasteiger partial charge is 0.487 e. The molecule has 5 rings (SSSR count). The number of benzene rings is 2. The number of ether oxygens (including phenoxy) is 1. The zero-order valence-corrected chi connectivity index (χ0v) is 18.8. The molecule has 0 unspecified atom stereocenters. The molecule has 170 valence electrons. The van der Waals surface area contributed by atoms with Crippen LogP contribution in [0.1, 0.15) is 31.3 Å². The van der Waals surface area contributed by atoms with Gasteiger partial charge >= 0.3 is 0 Å². The van der Waals surface area contributed by atoms with Gasteiger partial charge in [-0.1, -0.05) is 12.1 Å². The van der Waals surface area contributed by atoms with E-state index in [9.17, 15) is 19.2 Å². The third-order valence-corrected chi connectivity index (χ3v) is 6.14. The third-order valence-electron chi connectivity index (χ3n) is 5.24. The topological polar surface area (TPSA) is 110 Å². The zero-order valence-electron chi connectivity index (χ0n) is 18.0. The fourth-order valence-electron chi connectivity index (χ4n) is 3.65. The first-order valence-corrected chi connectivity index (χ1v) is 11.2. The van der Waals surface area contributed by atoms with Crippen molar-refractivity contribution >= 4 is 39.7 Å². The lowest BCUT2D eigenvalue weighted by molar-refractivity contribution is -0.116. The van der Waals surface area contributed by atoms with E-state index in [0.717, 1.165) is 9.78 Å². The summed E-state index contributed by atoms with van der Waals surface area (Å²) < 4.78 is 7.22. The molecule has 4 aromatic rings. The number of amides is 3. The molecular formula is C24H18N4O5S. The van der Waals surface area contributed by atoms with Crippen molar-refractivity contribution in [3.8, 4) is 5.75 Å². The lowest BCUT2D eigenvalue weighted by Crippen LogP contribution is -2.37. The second-order valence-electron chi connectivity index (χ2n) is 7.68. The van der Waals surface area contributed by atoms with Gasteiger partial charge in [0.1, 0.15) is 18.9 Å². The number of hydrogen-bond acceptors (Lipinski definition) is 7. The first kappa shape index (κ1) is 21.5. The molecule has 10 heteroatoms. The van der Waals surface area contributed by atoms with E-state index in [-0.39, 0.29) is 18.7 Å². The molecule has 34 heavy (non-hydrogen) atoms. The smallest absolute Gasteiger partial charge is 0.262 e. The Bertz CT molecular complexity index is 1470. The molecule has 3 amide bonds. The molecule has 3 heterocycles. The van der Waals surface area contributed by atoms with E-state index in [2.05, 4.69) is 10.3 Å². The molecule has 0 bridgehead atoms. The zero-order chi connectivity index (χ0) is 23.8. The van der Waals surface area contributed by atoms with Gasteiger partial charge in [0.05, 0.1) is 16.8 Å². The van der Waals surface area contributed by atoms with Crippen molar-refractivity contribution in [3.05, 3.63) is 92.8 Å². The summed E-state index contributed by atoms with van der Waals surface area (Å²) in [6.45, 7) is 1.65. The summed E-state index contributed by atoms with van der Waals surface area (Å²) in [5.41, 5.74) is 1.44. The molecule has 0 atom stereocenters. The molecule has 1 aliphatic rings. The van der Waals surface area contributed by atoms with Crippen LogP contribution in [0.25, 0.3) is 4.96 Å².